The first-order chi connectivity index (χ1) is 16.6. The van der Waals surface area contributed by atoms with Crippen LogP contribution in [-0.4, -0.2) is 54.9 Å². The standard InChI is InChI=1S/C26H39ClF3N3O2/c1-31-17-23(15-19-7-3-2-4-8-19)32-24(34)33-14-6-10-21(18-33)25(35,12-13-26(28,29)30)20-9-5-11-22(27)16-20/h5,9,11,16,19,21,23,31,35H,2-4,6-8,10,12-15,17-18H2,1H3,(H,32,34)/t21-,23?,25+/m1/s1. The van der Waals surface area contributed by atoms with E-state index in [-0.39, 0.29) is 18.6 Å². The van der Waals surface area contributed by atoms with Gasteiger partial charge in [-0.2, -0.15) is 13.2 Å². The van der Waals surface area contributed by atoms with Gasteiger partial charge in [0.25, 0.3) is 0 Å². The molecule has 3 N–H and O–H groups in total. The Morgan fingerprint density at radius 2 is 1.91 bits per heavy atom. The number of urea groups is 1. The topological polar surface area (TPSA) is 64.6 Å². The van der Waals surface area contributed by atoms with Crippen LogP contribution in [0.3, 0.4) is 0 Å². The first kappa shape index (κ1) is 28.1. The second-order valence-corrected chi connectivity index (χ2v) is 10.7. The van der Waals surface area contributed by atoms with E-state index in [1.807, 2.05) is 7.05 Å². The zero-order valence-electron chi connectivity index (χ0n) is 20.5. The molecular formula is C26H39ClF3N3O2. The summed E-state index contributed by atoms with van der Waals surface area (Å²) in [6, 6.07) is 6.20. The van der Waals surface area contributed by atoms with Crippen LogP contribution in [-0.2, 0) is 5.60 Å². The van der Waals surface area contributed by atoms with E-state index in [9.17, 15) is 23.1 Å². The molecule has 1 unspecified atom stereocenters. The smallest absolute Gasteiger partial charge is 0.385 e. The molecule has 2 aliphatic rings. The molecule has 198 valence electrons. The number of halogens is 4. The number of hydrogen-bond donors (Lipinski definition) is 3. The second-order valence-electron chi connectivity index (χ2n) is 10.3. The molecule has 1 aliphatic carbocycles. The van der Waals surface area contributed by atoms with Crippen LogP contribution in [0.25, 0.3) is 0 Å². The molecule has 1 aromatic carbocycles. The summed E-state index contributed by atoms with van der Waals surface area (Å²) < 4.78 is 39.4. The Balaban J connectivity index is 1.71. The highest BCUT2D eigenvalue weighted by atomic mass is 35.5. The van der Waals surface area contributed by atoms with Crippen LogP contribution in [0.5, 0.6) is 0 Å². The summed E-state index contributed by atoms with van der Waals surface area (Å²) in [5.74, 6) is 0.0794. The molecule has 5 nitrogen and oxygen atoms in total. The van der Waals surface area contributed by atoms with Crippen LogP contribution < -0.4 is 10.6 Å². The van der Waals surface area contributed by atoms with Crippen molar-refractivity contribution in [1.82, 2.24) is 15.5 Å². The number of piperidine rings is 1. The van der Waals surface area contributed by atoms with E-state index in [1.54, 1.807) is 23.1 Å². The van der Waals surface area contributed by atoms with Crippen molar-refractivity contribution in [3.8, 4) is 0 Å². The molecule has 3 rings (SSSR count). The highest BCUT2D eigenvalue weighted by Crippen LogP contribution is 2.42. The number of benzene rings is 1. The fourth-order valence-corrected chi connectivity index (χ4v) is 5.95. The minimum absolute atomic E-state index is 0.00646. The maximum atomic E-state index is 13.2. The van der Waals surface area contributed by atoms with Gasteiger partial charge in [0.15, 0.2) is 0 Å². The van der Waals surface area contributed by atoms with Crippen molar-refractivity contribution in [3.05, 3.63) is 34.9 Å². The van der Waals surface area contributed by atoms with E-state index >= 15 is 0 Å². The third-order valence-corrected chi connectivity index (χ3v) is 7.85. The molecule has 0 radical (unpaired) electrons. The second kappa shape index (κ2) is 12.6. The van der Waals surface area contributed by atoms with E-state index in [2.05, 4.69) is 10.6 Å². The molecule has 3 atom stereocenters. The molecule has 2 fully saturated rings. The lowest BCUT2D eigenvalue weighted by Gasteiger charge is -2.43. The van der Waals surface area contributed by atoms with Crippen molar-refractivity contribution in [2.45, 2.75) is 82.0 Å². The lowest BCUT2D eigenvalue weighted by molar-refractivity contribution is -0.155. The number of aliphatic hydroxyl groups is 1. The highest BCUT2D eigenvalue weighted by Gasteiger charge is 2.44. The number of alkyl halides is 3. The van der Waals surface area contributed by atoms with Gasteiger partial charge in [-0.25, -0.2) is 4.79 Å². The molecule has 0 aromatic heterocycles. The van der Waals surface area contributed by atoms with Gasteiger partial charge < -0.3 is 20.6 Å². The van der Waals surface area contributed by atoms with Crippen LogP contribution in [0.2, 0.25) is 5.02 Å². The summed E-state index contributed by atoms with van der Waals surface area (Å²) in [6.45, 7) is 1.38. The fraction of sp³-hybridized carbons (Fsp3) is 0.731. The first-order valence-electron chi connectivity index (χ1n) is 12.9. The van der Waals surface area contributed by atoms with E-state index in [0.29, 0.717) is 42.4 Å². The molecule has 1 aromatic rings. The number of nitrogens with one attached hydrogen (secondary N) is 2. The van der Waals surface area contributed by atoms with Gasteiger partial charge in [-0.15, -0.1) is 0 Å². The number of likely N-dealkylation sites (tertiary alicyclic amines) is 1. The number of rotatable bonds is 9. The first-order valence-corrected chi connectivity index (χ1v) is 13.2. The minimum Gasteiger partial charge on any atom is -0.385 e. The lowest BCUT2D eigenvalue weighted by Crippen LogP contribution is -2.54. The largest absolute Gasteiger partial charge is 0.389 e. The van der Waals surface area contributed by atoms with E-state index in [4.69, 9.17) is 11.6 Å². The van der Waals surface area contributed by atoms with Crippen LogP contribution in [0.1, 0.15) is 69.8 Å². The summed E-state index contributed by atoms with van der Waals surface area (Å²) in [6.07, 6.45) is 2.22. The molecule has 2 amide bonds. The molecule has 1 heterocycles. The Bertz CT molecular complexity index is 819. The molecule has 1 saturated heterocycles. The Morgan fingerprint density at radius 1 is 1.17 bits per heavy atom. The molecule has 9 heteroatoms. The van der Waals surface area contributed by atoms with Crippen molar-refractivity contribution < 1.29 is 23.1 Å². The normalized spacial score (nSPS) is 22.5. The number of nitrogens with zero attached hydrogens (tertiary/aromatic N) is 1. The molecule has 35 heavy (non-hydrogen) atoms. The zero-order chi connectivity index (χ0) is 25.5. The Kier molecular flexibility index (Phi) is 10.1. The quantitative estimate of drug-likeness (QED) is 0.385. The monoisotopic (exact) mass is 517 g/mol. The third-order valence-electron chi connectivity index (χ3n) is 7.62. The van der Waals surface area contributed by atoms with Crippen LogP contribution >= 0.6 is 11.6 Å². The average Bonchev–Trinajstić information content (AvgIpc) is 2.83. The molecule has 0 bridgehead atoms. The maximum Gasteiger partial charge on any atom is 0.389 e. The van der Waals surface area contributed by atoms with Gasteiger partial charge in [0.2, 0.25) is 0 Å². The van der Waals surface area contributed by atoms with Gasteiger partial charge in [0.05, 0.1) is 5.60 Å². The van der Waals surface area contributed by atoms with Crippen molar-refractivity contribution >= 4 is 17.6 Å². The summed E-state index contributed by atoms with van der Waals surface area (Å²) in [5.41, 5.74) is -1.36. The van der Waals surface area contributed by atoms with Gasteiger partial charge in [0.1, 0.15) is 0 Å². The number of carbonyl (C=O) groups excluding carboxylic acids is 1. The van der Waals surface area contributed by atoms with E-state index in [0.717, 1.165) is 6.42 Å². The van der Waals surface area contributed by atoms with Gasteiger partial charge >= 0.3 is 12.2 Å². The Morgan fingerprint density at radius 3 is 2.57 bits per heavy atom. The highest BCUT2D eigenvalue weighted by molar-refractivity contribution is 6.30. The number of amides is 2. The van der Waals surface area contributed by atoms with Crippen molar-refractivity contribution in [2.24, 2.45) is 11.8 Å². The van der Waals surface area contributed by atoms with Crippen LogP contribution in [0, 0.1) is 11.8 Å². The zero-order valence-corrected chi connectivity index (χ0v) is 21.3. The van der Waals surface area contributed by atoms with E-state index in [1.165, 1.54) is 38.2 Å². The summed E-state index contributed by atoms with van der Waals surface area (Å²) >= 11 is 6.11. The van der Waals surface area contributed by atoms with E-state index < -0.39 is 30.5 Å². The van der Waals surface area contributed by atoms with Crippen molar-refractivity contribution in [3.63, 3.8) is 0 Å². The van der Waals surface area contributed by atoms with Crippen molar-refractivity contribution in [1.29, 1.82) is 0 Å². The minimum atomic E-state index is -4.39. The van der Waals surface area contributed by atoms with Crippen molar-refractivity contribution in [2.75, 3.05) is 26.7 Å². The number of carbonyl (C=O) groups is 1. The molecule has 1 saturated carbocycles. The predicted molar refractivity (Wildman–Crippen MR) is 132 cm³/mol. The van der Waals surface area contributed by atoms with Crippen LogP contribution in [0.4, 0.5) is 18.0 Å². The molecular weight excluding hydrogens is 479 g/mol. The Labute approximate surface area is 211 Å². The third kappa shape index (κ3) is 8.25. The van der Waals surface area contributed by atoms with Crippen LogP contribution in [0.15, 0.2) is 24.3 Å². The fourth-order valence-electron chi connectivity index (χ4n) is 5.76. The SMILES string of the molecule is CNCC(CC1CCCCC1)NC(=O)N1CCC[C@@H]([C@](O)(CCC(F)(F)F)c2cccc(Cl)c2)C1. The lowest BCUT2D eigenvalue weighted by atomic mass is 9.74. The molecule has 1 aliphatic heterocycles. The number of hydrogen-bond acceptors (Lipinski definition) is 3. The summed E-state index contributed by atoms with van der Waals surface area (Å²) in [4.78, 5) is 14.9. The predicted octanol–water partition coefficient (Wildman–Crippen LogP) is 5.85. The van der Waals surface area contributed by atoms with Gasteiger partial charge in [-0.1, -0.05) is 55.8 Å². The van der Waals surface area contributed by atoms with Gasteiger partial charge in [-0.05, 0) is 56.3 Å². The van der Waals surface area contributed by atoms with Gasteiger partial charge in [-0.3, -0.25) is 0 Å². The summed E-state index contributed by atoms with van der Waals surface area (Å²) in [7, 11) is 1.86. The van der Waals surface area contributed by atoms with Gasteiger partial charge in [0, 0.05) is 43.0 Å². The Hall–Kier alpha value is -1.51. The maximum absolute atomic E-state index is 13.2. The summed E-state index contributed by atoms with van der Waals surface area (Å²) in [5, 5.41) is 18.3. The average molecular weight is 518 g/mol. The molecule has 0 spiro atoms. The number of likely N-dealkylation sites (N-methyl/N-ethyl adjacent to an activating group) is 1.